The van der Waals surface area contributed by atoms with Crippen molar-refractivity contribution in [3.05, 3.63) is 24.3 Å². The highest BCUT2D eigenvalue weighted by molar-refractivity contribution is 7.99. The molecule has 0 radical (unpaired) electrons. The molecule has 3 heteroatoms. The first-order valence-corrected chi connectivity index (χ1v) is 5.83. The average Bonchev–Trinajstić information content (AvgIpc) is 2.69. The maximum Gasteiger partial charge on any atom is 0.129 e. The lowest BCUT2D eigenvalue weighted by Gasteiger charge is -2.07. The molecule has 1 aliphatic rings. The fraction of sp³-hybridized carbons (Fsp3) is 0.455. The second-order valence-corrected chi connectivity index (χ2v) is 4.57. The summed E-state index contributed by atoms with van der Waals surface area (Å²) >= 11 is 1.71. The largest absolute Gasteiger partial charge is 0.507 e. The summed E-state index contributed by atoms with van der Waals surface area (Å²) in [4.78, 5) is 0.972. The van der Waals surface area contributed by atoms with Gasteiger partial charge in [-0.1, -0.05) is 12.1 Å². The maximum absolute atomic E-state index is 9.53. The van der Waals surface area contributed by atoms with Crippen LogP contribution in [0.1, 0.15) is 6.42 Å². The summed E-state index contributed by atoms with van der Waals surface area (Å²) in [6.45, 7) is 1.77. The van der Waals surface area contributed by atoms with Gasteiger partial charge in [0.2, 0.25) is 0 Å². The summed E-state index contributed by atoms with van der Waals surface area (Å²) in [5.74, 6) is 2.08. The number of hydrogen-bond acceptors (Lipinski definition) is 3. The van der Waals surface area contributed by atoms with Gasteiger partial charge in [-0.15, -0.1) is 11.8 Å². The molecule has 1 N–H and O–H groups in total. The smallest absolute Gasteiger partial charge is 0.129 e. The van der Waals surface area contributed by atoms with Crippen LogP contribution in [0.15, 0.2) is 29.2 Å². The van der Waals surface area contributed by atoms with Gasteiger partial charge in [-0.3, -0.25) is 0 Å². The Balaban J connectivity index is 1.88. The first-order chi connectivity index (χ1) is 6.86. The molecule has 2 nitrogen and oxygen atoms in total. The number of phenolic OH excluding ortho intramolecular Hbond substituents is 1. The molecule has 14 heavy (non-hydrogen) atoms. The number of aromatic hydroxyl groups is 1. The van der Waals surface area contributed by atoms with Gasteiger partial charge in [0.1, 0.15) is 5.75 Å². The van der Waals surface area contributed by atoms with E-state index in [1.807, 2.05) is 18.2 Å². The van der Waals surface area contributed by atoms with Crippen LogP contribution >= 0.6 is 11.8 Å². The number of para-hydroxylation sites is 1. The molecule has 1 aliphatic heterocycles. The van der Waals surface area contributed by atoms with Crippen molar-refractivity contribution in [2.24, 2.45) is 5.92 Å². The number of rotatable bonds is 3. The van der Waals surface area contributed by atoms with E-state index in [1.165, 1.54) is 0 Å². The van der Waals surface area contributed by atoms with Gasteiger partial charge >= 0.3 is 0 Å². The molecule has 1 aromatic rings. The van der Waals surface area contributed by atoms with Gasteiger partial charge in [-0.05, 0) is 24.5 Å². The number of hydrogen-bond donors (Lipinski definition) is 1. The summed E-state index contributed by atoms with van der Waals surface area (Å²) in [5, 5.41) is 9.53. The monoisotopic (exact) mass is 210 g/mol. The molecular formula is C11H14O2S. The Hall–Kier alpha value is -0.670. The lowest BCUT2D eigenvalue weighted by atomic mass is 10.2. The lowest BCUT2D eigenvalue weighted by molar-refractivity contribution is 0.189. The van der Waals surface area contributed by atoms with Crippen LogP contribution in [0.4, 0.5) is 0 Å². The van der Waals surface area contributed by atoms with Crippen LogP contribution in [0.3, 0.4) is 0 Å². The Morgan fingerprint density at radius 3 is 3.00 bits per heavy atom. The highest BCUT2D eigenvalue weighted by atomic mass is 32.2. The van der Waals surface area contributed by atoms with Crippen molar-refractivity contribution in [3.8, 4) is 5.75 Å². The minimum Gasteiger partial charge on any atom is -0.507 e. The van der Waals surface area contributed by atoms with Crippen LogP contribution in [-0.4, -0.2) is 24.1 Å². The van der Waals surface area contributed by atoms with Crippen LogP contribution in [-0.2, 0) is 4.74 Å². The third-order valence-electron chi connectivity index (χ3n) is 2.36. The van der Waals surface area contributed by atoms with E-state index in [0.29, 0.717) is 11.7 Å². The van der Waals surface area contributed by atoms with Gasteiger partial charge in [0.25, 0.3) is 0 Å². The van der Waals surface area contributed by atoms with Crippen LogP contribution in [0.5, 0.6) is 5.75 Å². The van der Waals surface area contributed by atoms with E-state index >= 15 is 0 Å². The third-order valence-corrected chi connectivity index (χ3v) is 3.66. The fourth-order valence-corrected chi connectivity index (χ4v) is 2.57. The van der Waals surface area contributed by atoms with Crippen molar-refractivity contribution in [2.45, 2.75) is 11.3 Å². The highest BCUT2D eigenvalue weighted by Gasteiger charge is 2.16. The zero-order chi connectivity index (χ0) is 9.80. The van der Waals surface area contributed by atoms with Crippen LogP contribution in [0.2, 0.25) is 0 Å². The van der Waals surface area contributed by atoms with Crippen molar-refractivity contribution in [2.75, 3.05) is 19.0 Å². The summed E-state index contributed by atoms with van der Waals surface area (Å²) in [6.07, 6.45) is 1.15. The molecule has 1 fully saturated rings. The van der Waals surface area contributed by atoms with Gasteiger partial charge in [-0.2, -0.15) is 0 Å². The first kappa shape index (κ1) is 9.87. The van der Waals surface area contributed by atoms with Crippen molar-refractivity contribution in [3.63, 3.8) is 0 Å². The average molecular weight is 210 g/mol. The summed E-state index contributed by atoms with van der Waals surface area (Å²) in [6, 6.07) is 7.48. The van der Waals surface area contributed by atoms with Crippen LogP contribution in [0.25, 0.3) is 0 Å². The number of ether oxygens (including phenoxy) is 1. The molecule has 1 saturated heterocycles. The Labute approximate surface area is 88.3 Å². The maximum atomic E-state index is 9.53. The van der Waals surface area contributed by atoms with E-state index in [1.54, 1.807) is 17.8 Å². The minimum absolute atomic E-state index is 0.386. The Bertz CT molecular complexity index is 295. The molecule has 0 aromatic heterocycles. The molecule has 0 bridgehead atoms. The van der Waals surface area contributed by atoms with E-state index < -0.39 is 0 Å². The summed E-state index contributed by atoms with van der Waals surface area (Å²) in [7, 11) is 0. The summed E-state index contributed by atoms with van der Waals surface area (Å²) < 4.78 is 5.30. The highest BCUT2D eigenvalue weighted by Crippen LogP contribution is 2.30. The number of benzene rings is 1. The molecule has 1 aromatic carbocycles. The van der Waals surface area contributed by atoms with Gasteiger partial charge < -0.3 is 9.84 Å². The molecule has 0 saturated carbocycles. The van der Waals surface area contributed by atoms with E-state index in [-0.39, 0.29) is 0 Å². The van der Waals surface area contributed by atoms with Crippen molar-refractivity contribution < 1.29 is 9.84 Å². The molecule has 76 valence electrons. The summed E-state index contributed by atoms with van der Waals surface area (Å²) in [5.41, 5.74) is 0. The minimum atomic E-state index is 0.386. The number of phenols is 1. The molecule has 1 heterocycles. The van der Waals surface area contributed by atoms with E-state index in [4.69, 9.17) is 4.74 Å². The van der Waals surface area contributed by atoms with Gasteiger partial charge in [0.05, 0.1) is 6.61 Å². The molecule has 0 spiro atoms. The van der Waals surface area contributed by atoms with Crippen LogP contribution in [0, 0.1) is 5.92 Å². The quantitative estimate of drug-likeness (QED) is 0.777. The van der Waals surface area contributed by atoms with Gasteiger partial charge in [-0.25, -0.2) is 0 Å². The lowest BCUT2D eigenvalue weighted by Crippen LogP contribution is -2.01. The second kappa shape index (κ2) is 4.71. The van der Waals surface area contributed by atoms with Crippen LogP contribution < -0.4 is 0 Å². The fourth-order valence-electron chi connectivity index (χ4n) is 1.50. The molecule has 1 atom stereocenters. The first-order valence-electron chi connectivity index (χ1n) is 4.85. The predicted molar refractivity (Wildman–Crippen MR) is 57.8 cm³/mol. The Morgan fingerprint density at radius 2 is 2.29 bits per heavy atom. The third kappa shape index (κ3) is 2.42. The van der Waals surface area contributed by atoms with Gasteiger partial charge in [0, 0.05) is 17.3 Å². The predicted octanol–water partition coefficient (Wildman–Crippen LogP) is 2.52. The number of thioether (sulfide) groups is 1. The molecule has 2 rings (SSSR count). The normalized spacial score (nSPS) is 21.3. The molecular weight excluding hydrogens is 196 g/mol. The standard InChI is InChI=1S/C11H14O2S/c12-10-3-1-2-4-11(10)14-8-9-5-6-13-7-9/h1-4,9,12H,5-8H2. The van der Waals surface area contributed by atoms with E-state index in [2.05, 4.69) is 0 Å². The zero-order valence-electron chi connectivity index (χ0n) is 7.98. The van der Waals surface area contributed by atoms with Crippen molar-refractivity contribution in [1.82, 2.24) is 0 Å². The Kier molecular flexibility index (Phi) is 3.32. The van der Waals surface area contributed by atoms with Crippen molar-refractivity contribution >= 4 is 11.8 Å². The van der Waals surface area contributed by atoms with E-state index in [9.17, 15) is 5.11 Å². The zero-order valence-corrected chi connectivity index (χ0v) is 8.80. The van der Waals surface area contributed by atoms with Gasteiger partial charge in [0.15, 0.2) is 0 Å². The topological polar surface area (TPSA) is 29.5 Å². The second-order valence-electron chi connectivity index (χ2n) is 3.51. The molecule has 1 unspecified atom stereocenters. The van der Waals surface area contributed by atoms with Crippen molar-refractivity contribution in [1.29, 1.82) is 0 Å². The molecule has 0 aliphatic carbocycles. The van der Waals surface area contributed by atoms with E-state index in [0.717, 1.165) is 30.3 Å². The molecule has 0 amide bonds. The Morgan fingerprint density at radius 1 is 1.43 bits per heavy atom. The SMILES string of the molecule is Oc1ccccc1SCC1CCOC1.